The van der Waals surface area contributed by atoms with Gasteiger partial charge in [0.25, 0.3) is 0 Å². The molecular weight excluding hydrogens is 728 g/mol. The topological polar surface area (TPSA) is 102 Å². The summed E-state index contributed by atoms with van der Waals surface area (Å²) < 4.78 is 48.7. The summed E-state index contributed by atoms with van der Waals surface area (Å²) >= 11 is 0. The molecule has 0 aromatic carbocycles. The SMILES string of the molecule is C=C(C)[C@@H]1CCC2(NCCN3CCS(=O)(=O)CC3)CC[C@]3(C)[C@H](CC[C@@H]4[C@@]5(C)CC=C(C6=CC[C@@](CF)(C(=O)OCOC(C)=O)CC6)C(C)(C)[C@@H]5CC[C@]43C)C12. The highest BCUT2D eigenvalue weighted by Crippen LogP contribution is 2.76. The van der Waals surface area contributed by atoms with E-state index >= 15 is 0 Å². The summed E-state index contributed by atoms with van der Waals surface area (Å²) in [4.78, 5) is 26.5. The third-order valence-electron chi connectivity index (χ3n) is 18.1. The van der Waals surface area contributed by atoms with Crippen LogP contribution in [0.25, 0.3) is 0 Å². The lowest BCUT2D eigenvalue weighted by Gasteiger charge is -2.72. The van der Waals surface area contributed by atoms with Crippen molar-refractivity contribution in [3.63, 3.8) is 0 Å². The van der Waals surface area contributed by atoms with Gasteiger partial charge in [-0.1, -0.05) is 58.9 Å². The lowest BCUT2D eigenvalue weighted by molar-refractivity contribution is -0.221. The first-order chi connectivity index (χ1) is 26.3. The van der Waals surface area contributed by atoms with Crippen molar-refractivity contribution in [3.8, 4) is 0 Å². The van der Waals surface area contributed by atoms with Gasteiger partial charge in [-0.3, -0.25) is 9.59 Å². The third-order valence-corrected chi connectivity index (χ3v) is 19.7. The van der Waals surface area contributed by atoms with Gasteiger partial charge in [0.05, 0.1) is 11.5 Å². The fourth-order valence-electron chi connectivity index (χ4n) is 14.9. The van der Waals surface area contributed by atoms with Crippen LogP contribution in [0, 0.1) is 56.7 Å². The molecule has 4 saturated carbocycles. The van der Waals surface area contributed by atoms with E-state index in [1.165, 1.54) is 75.0 Å². The van der Waals surface area contributed by atoms with Crippen molar-refractivity contribution in [2.45, 2.75) is 131 Å². The Labute approximate surface area is 337 Å². The predicted octanol–water partition coefficient (Wildman–Crippen LogP) is 8.38. The number of carbonyl (C=O) groups is 2. The van der Waals surface area contributed by atoms with E-state index in [9.17, 15) is 22.4 Å². The van der Waals surface area contributed by atoms with E-state index in [1.807, 2.05) is 0 Å². The standard InChI is InChI=1S/C46H71FN2O6S/c1-31(2)34-13-20-46(48-23-24-49-25-27-56(52,53)28-26-49)22-21-43(7)36(39(34)46)9-10-38-42(6)16-14-35(41(4,5)37(42)15-17-44(38,43)8)33-11-18-45(29-47,19-12-33)40(51)55-30-54-32(3)50/h11,14,34,36-39,48H,1,9-10,12-13,15-30H2,2-8H3/t34-,36+,37-,38+,39?,42-,43+,44+,45+,46?/m0/s1. The molecule has 7 aliphatic rings. The van der Waals surface area contributed by atoms with Crippen molar-refractivity contribution in [3.05, 3.63) is 35.5 Å². The molecule has 314 valence electrons. The molecule has 10 heteroatoms. The Morgan fingerprint density at radius 3 is 2.27 bits per heavy atom. The molecule has 10 atom stereocenters. The molecule has 0 spiro atoms. The van der Waals surface area contributed by atoms with E-state index in [0.717, 1.165) is 19.5 Å². The molecule has 8 nitrogen and oxygen atoms in total. The van der Waals surface area contributed by atoms with Crippen molar-refractivity contribution >= 4 is 21.8 Å². The number of rotatable bonds is 10. The van der Waals surface area contributed by atoms with E-state index in [0.29, 0.717) is 61.9 Å². The molecule has 0 bridgehead atoms. The number of ether oxygens (including phenoxy) is 2. The Balaban J connectivity index is 1.10. The van der Waals surface area contributed by atoms with Crippen molar-refractivity contribution < 1.29 is 31.9 Å². The van der Waals surface area contributed by atoms with Crippen LogP contribution in [0.3, 0.4) is 0 Å². The Morgan fingerprint density at radius 1 is 0.893 bits per heavy atom. The molecule has 1 aliphatic heterocycles. The van der Waals surface area contributed by atoms with Crippen LogP contribution in [-0.2, 0) is 28.9 Å². The van der Waals surface area contributed by atoms with Gasteiger partial charge < -0.3 is 19.7 Å². The molecule has 1 N–H and O–H groups in total. The summed E-state index contributed by atoms with van der Waals surface area (Å²) in [5, 5.41) is 4.20. The molecule has 0 radical (unpaired) electrons. The monoisotopic (exact) mass is 799 g/mol. The molecule has 56 heavy (non-hydrogen) atoms. The number of carbonyl (C=O) groups excluding carboxylic acids is 2. The lowest BCUT2D eigenvalue weighted by atomic mass is 9.33. The van der Waals surface area contributed by atoms with Gasteiger partial charge in [-0.15, -0.1) is 0 Å². The molecule has 1 heterocycles. The zero-order valence-electron chi connectivity index (χ0n) is 35.6. The fourth-order valence-corrected chi connectivity index (χ4v) is 16.1. The summed E-state index contributed by atoms with van der Waals surface area (Å²) in [6, 6.07) is 0. The number of halogens is 1. The maximum absolute atomic E-state index is 14.5. The van der Waals surface area contributed by atoms with Crippen LogP contribution in [-0.4, -0.2) is 81.9 Å². The van der Waals surface area contributed by atoms with Crippen LogP contribution in [0.15, 0.2) is 35.5 Å². The smallest absolute Gasteiger partial charge is 0.317 e. The quantitative estimate of drug-likeness (QED) is 0.134. The van der Waals surface area contributed by atoms with Gasteiger partial charge in [0.1, 0.15) is 12.1 Å². The third kappa shape index (κ3) is 6.79. The van der Waals surface area contributed by atoms with Gasteiger partial charge in [0.2, 0.25) is 6.79 Å². The fraction of sp³-hybridized carbons (Fsp3) is 0.826. The van der Waals surface area contributed by atoms with Gasteiger partial charge in [-0.2, -0.15) is 0 Å². The number of allylic oxidation sites excluding steroid dienone is 5. The number of hydrogen-bond acceptors (Lipinski definition) is 8. The van der Waals surface area contributed by atoms with Crippen molar-refractivity contribution in [2.75, 3.05) is 51.2 Å². The number of alkyl halides is 1. The molecule has 0 aromatic heterocycles. The minimum atomic E-state index is -2.88. The molecular formula is C46H71FN2O6S. The maximum Gasteiger partial charge on any atom is 0.317 e. The van der Waals surface area contributed by atoms with Crippen LogP contribution in [0.1, 0.15) is 126 Å². The Kier molecular flexibility index (Phi) is 11.2. The minimum Gasteiger partial charge on any atom is -0.428 e. The van der Waals surface area contributed by atoms with Crippen LogP contribution in [0.5, 0.6) is 0 Å². The Morgan fingerprint density at radius 2 is 1.62 bits per heavy atom. The largest absolute Gasteiger partial charge is 0.428 e. The summed E-state index contributed by atoms with van der Waals surface area (Å²) in [5.41, 5.74) is 3.47. The number of nitrogens with zero attached hydrogens (tertiary/aromatic N) is 1. The number of esters is 2. The molecule has 1 saturated heterocycles. The van der Waals surface area contributed by atoms with Crippen molar-refractivity contribution in [2.24, 2.45) is 56.7 Å². The first kappa shape index (κ1) is 42.1. The summed E-state index contributed by atoms with van der Waals surface area (Å²) in [6.07, 6.45) is 16.8. The van der Waals surface area contributed by atoms with Gasteiger partial charge in [-0.25, -0.2) is 12.8 Å². The summed E-state index contributed by atoms with van der Waals surface area (Å²) in [7, 11) is -2.88. The van der Waals surface area contributed by atoms with Crippen LogP contribution in [0.4, 0.5) is 4.39 Å². The average Bonchev–Trinajstić information content (AvgIpc) is 3.52. The first-order valence-corrected chi connectivity index (χ1v) is 23.7. The van der Waals surface area contributed by atoms with Gasteiger partial charge in [0, 0.05) is 38.6 Å². The average molecular weight is 799 g/mol. The van der Waals surface area contributed by atoms with Crippen molar-refractivity contribution in [1.82, 2.24) is 10.2 Å². The Hall–Kier alpha value is -2.04. The summed E-state index contributed by atoms with van der Waals surface area (Å²) in [5.74, 6) is 2.30. The van der Waals surface area contributed by atoms with E-state index in [4.69, 9.17) is 9.47 Å². The van der Waals surface area contributed by atoms with Gasteiger partial charge >= 0.3 is 11.9 Å². The normalized spacial score (nSPS) is 42.8. The lowest BCUT2D eigenvalue weighted by Crippen LogP contribution is -2.68. The molecule has 6 aliphatic carbocycles. The van der Waals surface area contributed by atoms with Gasteiger partial charge in [0.15, 0.2) is 9.84 Å². The number of nitrogens with one attached hydrogen (secondary N) is 1. The summed E-state index contributed by atoms with van der Waals surface area (Å²) in [6.45, 7) is 22.9. The van der Waals surface area contributed by atoms with Crippen LogP contribution >= 0.6 is 0 Å². The molecule has 5 fully saturated rings. The van der Waals surface area contributed by atoms with E-state index in [-0.39, 0.29) is 38.7 Å². The number of sulfone groups is 1. The minimum absolute atomic E-state index is 0.0514. The zero-order valence-corrected chi connectivity index (χ0v) is 36.4. The highest BCUT2D eigenvalue weighted by Gasteiger charge is 2.70. The number of hydrogen-bond donors (Lipinski definition) is 1. The molecule has 0 aromatic rings. The highest BCUT2D eigenvalue weighted by molar-refractivity contribution is 7.91. The molecule has 2 unspecified atom stereocenters. The predicted molar refractivity (Wildman–Crippen MR) is 219 cm³/mol. The van der Waals surface area contributed by atoms with E-state index < -0.39 is 40.7 Å². The second-order valence-electron chi connectivity index (χ2n) is 20.8. The van der Waals surface area contributed by atoms with E-state index in [1.54, 1.807) is 0 Å². The molecule has 7 rings (SSSR count). The number of fused-ring (bicyclic) bond motifs is 7. The zero-order chi connectivity index (χ0) is 40.5. The Bertz CT molecular complexity index is 1740. The van der Waals surface area contributed by atoms with Crippen molar-refractivity contribution in [1.29, 1.82) is 0 Å². The van der Waals surface area contributed by atoms with Gasteiger partial charge in [-0.05, 0) is 146 Å². The second kappa shape index (κ2) is 14.9. The maximum atomic E-state index is 14.5. The molecule has 0 amide bonds. The first-order valence-electron chi connectivity index (χ1n) is 21.9. The second-order valence-corrected chi connectivity index (χ2v) is 23.1. The van der Waals surface area contributed by atoms with Crippen LogP contribution < -0.4 is 5.32 Å². The highest BCUT2D eigenvalue weighted by atomic mass is 32.2. The van der Waals surface area contributed by atoms with E-state index in [2.05, 4.69) is 70.5 Å². The van der Waals surface area contributed by atoms with Crippen LogP contribution in [0.2, 0.25) is 0 Å².